The van der Waals surface area contributed by atoms with Gasteiger partial charge in [0.05, 0.1) is 0 Å². The fourth-order valence-corrected chi connectivity index (χ4v) is 2.68. The Hall–Kier alpha value is -2.49. The first-order valence-corrected chi connectivity index (χ1v) is 8.84. The molecule has 0 aliphatic carbocycles. The minimum atomic E-state index is -0.565. The second-order valence-electron chi connectivity index (χ2n) is 6.23. The molecule has 0 fully saturated rings. The van der Waals surface area contributed by atoms with Crippen LogP contribution >= 0.6 is 0 Å². The lowest BCUT2D eigenvalue weighted by molar-refractivity contribution is -0.122. The Morgan fingerprint density at radius 3 is 2.28 bits per heavy atom. The third-order valence-corrected chi connectivity index (χ3v) is 4.30. The number of rotatable bonds is 7. The molecule has 2 rings (SSSR count). The summed E-state index contributed by atoms with van der Waals surface area (Å²) >= 11 is 0. The van der Waals surface area contributed by atoms with Crippen molar-refractivity contribution in [2.75, 3.05) is 23.3 Å². The number of anilines is 2. The number of hydrogen-bond acceptors (Lipinski definition) is 3. The van der Waals surface area contributed by atoms with Crippen LogP contribution in [0.5, 0.6) is 5.75 Å². The summed E-state index contributed by atoms with van der Waals surface area (Å²) in [6, 6.07) is 13.8. The lowest BCUT2D eigenvalue weighted by atomic mass is 10.1. The number of benzene rings is 2. The topological polar surface area (TPSA) is 41.6 Å². The van der Waals surface area contributed by atoms with Crippen molar-refractivity contribution in [1.29, 1.82) is 0 Å². The van der Waals surface area contributed by atoms with Crippen LogP contribution in [0.25, 0.3) is 0 Å². The van der Waals surface area contributed by atoms with Gasteiger partial charge in [0.15, 0.2) is 6.10 Å². The van der Waals surface area contributed by atoms with Crippen LogP contribution in [0.1, 0.15) is 31.9 Å². The predicted molar refractivity (Wildman–Crippen MR) is 105 cm³/mol. The fraction of sp³-hybridized carbons (Fsp3) is 0.381. The molecule has 4 nitrogen and oxygen atoms in total. The molecule has 0 spiro atoms. The average Bonchev–Trinajstić information content (AvgIpc) is 2.60. The Labute approximate surface area is 150 Å². The fourth-order valence-electron chi connectivity index (χ4n) is 2.68. The SMILES string of the molecule is CCN(CC)c1ccc(NC(=O)[C@@H](C)Oc2ccc(C)cc2)c(C)c1. The largest absolute Gasteiger partial charge is 0.481 e. The Morgan fingerprint density at radius 2 is 1.72 bits per heavy atom. The highest BCUT2D eigenvalue weighted by molar-refractivity contribution is 5.95. The van der Waals surface area contributed by atoms with E-state index in [2.05, 4.69) is 30.1 Å². The summed E-state index contributed by atoms with van der Waals surface area (Å²) in [7, 11) is 0. The molecule has 0 saturated carbocycles. The number of amides is 1. The standard InChI is InChI=1S/C21H28N2O2/c1-6-23(7-2)18-10-13-20(16(4)14-18)22-21(24)17(5)25-19-11-8-15(3)9-12-19/h8-14,17H,6-7H2,1-5H3,(H,22,24)/t17-/m1/s1. The monoisotopic (exact) mass is 340 g/mol. The van der Waals surface area contributed by atoms with Crippen molar-refractivity contribution in [3.63, 3.8) is 0 Å². The van der Waals surface area contributed by atoms with Crippen molar-refractivity contribution >= 4 is 17.3 Å². The normalized spacial score (nSPS) is 11.7. The maximum Gasteiger partial charge on any atom is 0.265 e. The first-order chi connectivity index (χ1) is 11.9. The molecule has 1 N–H and O–H groups in total. The molecule has 0 aliphatic rings. The van der Waals surface area contributed by atoms with E-state index in [9.17, 15) is 4.79 Å². The van der Waals surface area contributed by atoms with Crippen molar-refractivity contribution < 1.29 is 9.53 Å². The van der Waals surface area contributed by atoms with Gasteiger partial charge in [-0.15, -0.1) is 0 Å². The molecule has 4 heteroatoms. The molecule has 0 aromatic heterocycles. The van der Waals surface area contributed by atoms with E-state index in [1.54, 1.807) is 6.92 Å². The zero-order valence-electron chi connectivity index (χ0n) is 15.8. The van der Waals surface area contributed by atoms with Crippen LogP contribution in [0.15, 0.2) is 42.5 Å². The molecular weight excluding hydrogens is 312 g/mol. The maximum absolute atomic E-state index is 12.4. The number of carbonyl (C=O) groups is 1. The zero-order valence-corrected chi connectivity index (χ0v) is 15.8. The predicted octanol–water partition coefficient (Wildman–Crippen LogP) is 4.56. The highest BCUT2D eigenvalue weighted by Gasteiger charge is 2.16. The number of nitrogens with zero attached hydrogens (tertiary/aromatic N) is 1. The van der Waals surface area contributed by atoms with Gasteiger partial charge in [-0.25, -0.2) is 0 Å². The summed E-state index contributed by atoms with van der Waals surface area (Å²) in [6.45, 7) is 12.0. The summed E-state index contributed by atoms with van der Waals surface area (Å²) in [6.07, 6.45) is -0.565. The van der Waals surface area contributed by atoms with Crippen molar-refractivity contribution in [2.24, 2.45) is 0 Å². The van der Waals surface area contributed by atoms with Crippen LogP contribution in [-0.4, -0.2) is 25.1 Å². The Morgan fingerprint density at radius 1 is 1.08 bits per heavy atom. The van der Waals surface area contributed by atoms with Crippen molar-refractivity contribution in [2.45, 2.75) is 40.7 Å². The van der Waals surface area contributed by atoms with Crippen LogP contribution in [0, 0.1) is 13.8 Å². The number of nitrogens with one attached hydrogen (secondary N) is 1. The van der Waals surface area contributed by atoms with Gasteiger partial charge in [-0.2, -0.15) is 0 Å². The Balaban J connectivity index is 2.03. The quantitative estimate of drug-likeness (QED) is 0.803. The number of carbonyl (C=O) groups excluding carboxylic acids is 1. The third-order valence-electron chi connectivity index (χ3n) is 4.30. The molecule has 134 valence electrons. The highest BCUT2D eigenvalue weighted by Crippen LogP contribution is 2.23. The second-order valence-corrected chi connectivity index (χ2v) is 6.23. The van der Waals surface area contributed by atoms with Crippen LogP contribution < -0.4 is 15.0 Å². The molecule has 0 heterocycles. The zero-order chi connectivity index (χ0) is 18.4. The van der Waals surface area contributed by atoms with E-state index in [1.165, 1.54) is 5.69 Å². The Kier molecular flexibility index (Phi) is 6.45. The van der Waals surface area contributed by atoms with E-state index in [0.717, 1.165) is 29.9 Å². The van der Waals surface area contributed by atoms with Gasteiger partial charge in [0.1, 0.15) is 5.75 Å². The lowest BCUT2D eigenvalue weighted by Gasteiger charge is -2.22. The van der Waals surface area contributed by atoms with Gasteiger partial charge in [0, 0.05) is 24.5 Å². The number of aryl methyl sites for hydroxylation is 2. The van der Waals surface area contributed by atoms with Gasteiger partial charge >= 0.3 is 0 Å². The molecule has 0 saturated heterocycles. The number of hydrogen-bond donors (Lipinski definition) is 1. The summed E-state index contributed by atoms with van der Waals surface area (Å²) in [5.41, 5.74) is 4.19. The molecule has 0 unspecified atom stereocenters. The van der Waals surface area contributed by atoms with E-state index in [-0.39, 0.29) is 5.91 Å². The molecule has 1 amide bonds. The molecule has 0 aliphatic heterocycles. The summed E-state index contributed by atoms with van der Waals surface area (Å²) in [4.78, 5) is 14.7. The first kappa shape index (κ1) is 18.8. The van der Waals surface area contributed by atoms with Gasteiger partial charge < -0.3 is 15.0 Å². The number of ether oxygens (including phenoxy) is 1. The van der Waals surface area contributed by atoms with Gasteiger partial charge in [0.2, 0.25) is 0 Å². The average molecular weight is 340 g/mol. The van der Waals surface area contributed by atoms with Crippen molar-refractivity contribution in [3.05, 3.63) is 53.6 Å². The lowest BCUT2D eigenvalue weighted by Crippen LogP contribution is -2.30. The van der Waals surface area contributed by atoms with Gasteiger partial charge in [-0.3, -0.25) is 4.79 Å². The van der Waals surface area contributed by atoms with Gasteiger partial charge in [0.25, 0.3) is 5.91 Å². The smallest absolute Gasteiger partial charge is 0.265 e. The van der Waals surface area contributed by atoms with Gasteiger partial charge in [-0.05, 0) is 70.5 Å². The van der Waals surface area contributed by atoms with E-state index in [1.807, 2.05) is 50.2 Å². The van der Waals surface area contributed by atoms with E-state index >= 15 is 0 Å². The van der Waals surface area contributed by atoms with Gasteiger partial charge in [-0.1, -0.05) is 17.7 Å². The molecule has 2 aromatic carbocycles. The minimum absolute atomic E-state index is 0.153. The van der Waals surface area contributed by atoms with Crippen LogP contribution in [0.2, 0.25) is 0 Å². The summed E-state index contributed by atoms with van der Waals surface area (Å²) in [5, 5.41) is 2.96. The maximum atomic E-state index is 12.4. The van der Waals surface area contributed by atoms with Crippen LogP contribution in [0.3, 0.4) is 0 Å². The van der Waals surface area contributed by atoms with Crippen molar-refractivity contribution in [3.8, 4) is 5.75 Å². The summed E-state index contributed by atoms with van der Waals surface area (Å²) < 4.78 is 5.72. The molecule has 25 heavy (non-hydrogen) atoms. The highest BCUT2D eigenvalue weighted by atomic mass is 16.5. The molecule has 0 radical (unpaired) electrons. The second kappa shape index (κ2) is 8.56. The van der Waals surface area contributed by atoms with Crippen LogP contribution in [-0.2, 0) is 4.79 Å². The molecule has 2 aromatic rings. The van der Waals surface area contributed by atoms with Crippen molar-refractivity contribution in [1.82, 2.24) is 0 Å². The summed E-state index contributed by atoms with van der Waals surface area (Å²) in [5.74, 6) is 0.543. The van der Waals surface area contributed by atoms with E-state index in [4.69, 9.17) is 4.74 Å². The molecule has 1 atom stereocenters. The first-order valence-electron chi connectivity index (χ1n) is 8.84. The van der Waals surface area contributed by atoms with E-state index < -0.39 is 6.10 Å². The molecular formula is C21H28N2O2. The molecule has 0 bridgehead atoms. The minimum Gasteiger partial charge on any atom is -0.481 e. The Bertz CT molecular complexity index is 706. The van der Waals surface area contributed by atoms with E-state index in [0.29, 0.717) is 5.75 Å². The van der Waals surface area contributed by atoms with Crippen LogP contribution in [0.4, 0.5) is 11.4 Å². The third kappa shape index (κ3) is 4.99.